The summed E-state index contributed by atoms with van der Waals surface area (Å²) in [5.41, 5.74) is 3.31. The van der Waals surface area contributed by atoms with Gasteiger partial charge in [-0.2, -0.15) is 0 Å². The largest absolute Gasteiger partial charge is 0.508 e. The number of nitrogens with one attached hydrogen (secondary N) is 3. The minimum atomic E-state index is -0.716. The molecule has 4 aromatic carbocycles. The van der Waals surface area contributed by atoms with Gasteiger partial charge in [0.2, 0.25) is 5.91 Å². The average molecular weight is 762 g/mol. The number of hydrogen-bond acceptors (Lipinski definition) is 9. The SMILES string of the molecule is COC(=O)c1c(NC(=O)C(Sc2cccc(NC(=O)/C(=C\c3ccc(O)cc3OC)NC(=O)c3ccccc3)c2)c2ccccc2)sc2c1CCCCC2. The second-order valence-corrected chi connectivity index (χ2v) is 14.7. The van der Waals surface area contributed by atoms with Crippen LogP contribution >= 0.6 is 23.1 Å². The maximum atomic E-state index is 14.2. The first-order valence-electron chi connectivity index (χ1n) is 17.4. The number of carbonyl (C=O) groups excluding carboxylic acids is 4. The lowest BCUT2D eigenvalue weighted by atomic mass is 10.1. The lowest BCUT2D eigenvalue weighted by Gasteiger charge is -2.18. The monoisotopic (exact) mass is 761 g/mol. The standard InChI is InChI=1S/C42H39N3O7S2/c1-51-34-25-30(46)22-21-28(34)23-33(44-38(47)27-15-8-4-9-16-27)39(48)43-29-17-12-18-31(24-29)53-37(26-13-6-3-7-14-26)40(49)45-41-36(42(50)52-2)32-19-10-5-11-20-35(32)54-41/h3-4,6-9,12-18,21-25,37,46H,5,10-11,19-20H2,1-2H3,(H,43,48)(H,44,47)(H,45,49)/b33-23+. The maximum Gasteiger partial charge on any atom is 0.341 e. The van der Waals surface area contributed by atoms with E-state index in [1.54, 1.807) is 54.6 Å². The molecule has 0 radical (unpaired) electrons. The molecule has 0 fully saturated rings. The maximum absolute atomic E-state index is 14.2. The van der Waals surface area contributed by atoms with Crippen molar-refractivity contribution in [3.63, 3.8) is 0 Å². The summed E-state index contributed by atoms with van der Waals surface area (Å²) in [6, 6.07) is 29.3. The van der Waals surface area contributed by atoms with E-state index in [0.717, 1.165) is 48.1 Å². The lowest BCUT2D eigenvalue weighted by molar-refractivity contribution is -0.116. The molecule has 0 saturated heterocycles. The van der Waals surface area contributed by atoms with Gasteiger partial charge < -0.3 is 30.5 Å². The fourth-order valence-corrected chi connectivity index (χ4v) is 8.49. The van der Waals surface area contributed by atoms with Crippen LogP contribution in [0.5, 0.6) is 11.5 Å². The summed E-state index contributed by atoms with van der Waals surface area (Å²) in [4.78, 5) is 56.0. The van der Waals surface area contributed by atoms with Crippen LogP contribution in [0.2, 0.25) is 0 Å². The number of esters is 1. The van der Waals surface area contributed by atoms with Crippen LogP contribution in [0.25, 0.3) is 6.08 Å². The van der Waals surface area contributed by atoms with Gasteiger partial charge in [0.25, 0.3) is 11.8 Å². The summed E-state index contributed by atoms with van der Waals surface area (Å²) in [5, 5.41) is 18.4. The van der Waals surface area contributed by atoms with Crippen molar-refractivity contribution in [3.8, 4) is 11.5 Å². The van der Waals surface area contributed by atoms with Gasteiger partial charge in [0.1, 0.15) is 27.4 Å². The van der Waals surface area contributed by atoms with Crippen molar-refractivity contribution in [1.29, 1.82) is 0 Å². The van der Waals surface area contributed by atoms with Gasteiger partial charge in [0, 0.05) is 32.7 Å². The minimum Gasteiger partial charge on any atom is -0.508 e. The van der Waals surface area contributed by atoms with Gasteiger partial charge >= 0.3 is 5.97 Å². The predicted molar refractivity (Wildman–Crippen MR) is 212 cm³/mol. The fourth-order valence-electron chi connectivity index (χ4n) is 6.13. The third kappa shape index (κ3) is 9.20. The number of rotatable bonds is 12. The third-order valence-corrected chi connectivity index (χ3v) is 11.2. The molecule has 276 valence electrons. The average Bonchev–Trinajstić information content (AvgIpc) is 3.36. The van der Waals surface area contributed by atoms with Crippen LogP contribution in [-0.2, 0) is 27.2 Å². The summed E-state index contributed by atoms with van der Waals surface area (Å²) < 4.78 is 10.6. The number of hydrogen-bond donors (Lipinski definition) is 4. The summed E-state index contributed by atoms with van der Waals surface area (Å²) in [5.74, 6) is -1.59. The molecular formula is C42H39N3O7S2. The first-order chi connectivity index (χ1) is 26.2. The van der Waals surface area contributed by atoms with E-state index >= 15 is 0 Å². The molecule has 54 heavy (non-hydrogen) atoms. The Hall–Kier alpha value is -5.85. The van der Waals surface area contributed by atoms with Gasteiger partial charge in [-0.25, -0.2) is 4.79 Å². The van der Waals surface area contributed by atoms with E-state index in [9.17, 15) is 24.3 Å². The van der Waals surface area contributed by atoms with Crippen molar-refractivity contribution in [2.75, 3.05) is 24.9 Å². The van der Waals surface area contributed by atoms with E-state index in [1.165, 1.54) is 55.5 Å². The molecule has 1 aromatic heterocycles. The number of carbonyl (C=O) groups is 4. The summed E-state index contributed by atoms with van der Waals surface area (Å²) in [6.07, 6.45) is 6.16. The van der Waals surface area contributed by atoms with Crippen molar-refractivity contribution in [1.82, 2.24) is 5.32 Å². The molecule has 1 aliphatic rings. The minimum absolute atomic E-state index is 0.0195. The van der Waals surface area contributed by atoms with Gasteiger partial charge in [0.15, 0.2) is 0 Å². The molecule has 1 atom stereocenters. The first-order valence-corrected chi connectivity index (χ1v) is 19.1. The Morgan fingerprint density at radius 1 is 0.833 bits per heavy atom. The molecule has 4 N–H and O–H groups in total. The molecule has 6 rings (SSSR count). The Labute approximate surface area is 321 Å². The number of ether oxygens (including phenoxy) is 2. The zero-order valence-electron chi connectivity index (χ0n) is 29.7. The summed E-state index contributed by atoms with van der Waals surface area (Å²) in [7, 11) is 2.79. The smallest absolute Gasteiger partial charge is 0.341 e. The number of thioether (sulfide) groups is 1. The van der Waals surface area contributed by atoms with Crippen molar-refractivity contribution in [2.45, 2.75) is 42.2 Å². The second-order valence-electron chi connectivity index (χ2n) is 12.4. The molecule has 0 spiro atoms. The normalized spacial score (nSPS) is 13.1. The highest BCUT2D eigenvalue weighted by atomic mass is 32.2. The quantitative estimate of drug-likeness (QED) is 0.0430. The Balaban J connectivity index is 1.27. The summed E-state index contributed by atoms with van der Waals surface area (Å²) >= 11 is 2.73. The molecule has 0 bridgehead atoms. The molecule has 12 heteroatoms. The first kappa shape index (κ1) is 37.9. The molecule has 3 amide bonds. The van der Waals surface area contributed by atoms with Gasteiger partial charge in [0.05, 0.1) is 19.8 Å². The lowest BCUT2D eigenvalue weighted by Crippen LogP contribution is -2.30. The Morgan fingerprint density at radius 2 is 1.57 bits per heavy atom. The van der Waals surface area contributed by atoms with Crippen molar-refractivity contribution in [3.05, 3.63) is 142 Å². The topological polar surface area (TPSA) is 143 Å². The number of phenolic OH excluding ortho intramolecular Hbond substituents is 1. The van der Waals surface area contributed by atoms with Crippen LogP contribution in [0.1, 0.15) is 66.8 Å². The number of thiophene rings is 1. The van der Waals surface area contributed by atoms with E-state index in [1.807, 2.05) is 36.4 Å². The van der Waals surface area contributed by atoms with Crippen molar-refractivity contribution >= 4 is 63.6 Å². The number of phenols is 1. The molecule has 0 saturated carbocycles. The summed E-state index contributed by atoms with van der Waals surface area (Å²) in [6.45, 7) is 0. The molecule has 1 heterocycles. The van der Waals surface area contributed by atoms with Crippen molar-refractivity contribution in [2.24, 2.45) is 0 Å². The van der Waals surface area contributed by atoms with Crippen molar-refractivity contribution < 1.29 is 33.8 Å². The van der Waals surface area contributed by atoms with Gasteiger partial charge in [-0.3, -0.25) is 14.4 Å². The molecule has 0 aliphatic heterocycles. The van der Waals surface area contributed by atoms with Gasteiger partial charge in [-0.05, 0) is 85.4 Å². The molecule has 1 aliphatic carbocycles. The van der Waals surface area contributed by atoms with Gasteiger partial charge in [-0.1, -0.05) is 61.0 Å². The van der Waals surface area contributed by atoms with Crippen LogP contribution in [0, 0.1) is 0 Å². The number of benzene rings is 4. The number of amides is 3. The number of fused-ring (bicyclic) bond motifs is 1. The zero-order valence-corrected chi connectivity index (χ0v) is 31.4. The molecular weight excluding hydrogens is 723 g/mol. The van der Waals surface area contributed by atoms with Crippen LogP contribution in [0.3, 0.4) is 0 Å². The highest BCUT2D eigenvalue weighted by Gasteiger charge is 2.29. The predicted octanol–water partition coefficient (Wildman–Crippen LogP) is 8.40. The highest BCUT2D eigenvalue weighted by Crippen LogP contribution is 2.41. The second kappa shape index (κ2) is 17.8. The van der Waals surface area contributed by atoms with Crippen LogP contribution < -0.4 is 20.7 Å². The third-order valence-electron chi connectivity index (χ3n) is 8.78. The Bertz CT molecular complexity index is 2180. The number of aromatic hydroxyl groups is 1. The van der Waals surface area contributed by atoms with Crippen LogP contribution in [0.15, 0.2) is 114 Å². The fraction of sp³-hybridized carbons (Fsp3) is 0.190. The molecule has 10 nitrogen and oxygen atoms in total. The van der Waals surface area contributed by atoms with Gasteiger partial charge in [-0.15, -0.1) is 23.1 Å². The number of aryl methyl sites for hydroxylation is 1. The zero-order chi connectivity index (χ0) is 38.0. The van der Waals surface area contributed by atoms with E-state index < -0.39 is 23.0 Å². The van der Waals surface area contributed by atoms with E-state index in [-0.39, 0.29) is 17.4 Å². The molecule has 5 aromatic rings. The number of methoxy groups -OCH3 is 2. The van der Waals surface area contributed by atoms with E-state index in [4.69, 9.17) is 9.47 Å². The molecule has 1 unspecified atom stereocenters. The van der Waals surface area contributed by atoms with Crippen LogP contribution in [0.4, 0.5) is 10.7 Å². The Morgan fingerprint density at radius 3 is 2.31 bits per heavy atom. The highest BCUT2D eigenvalue weighted by molar-refractivity contribution is 8.00. The van der Waals surface area contributed by atoms with E-state index in [2.05, 4.69) is 16.0 Å². The number of anilines is 2. The Kier molecular flexibility index (Phi) is 12.5. The van der Waals surface area contributed by atoms with Crippen LogP contribution in [-0.4, -0.2) is 43.0 Å². The van der Waals surface area contributed by atoms with E-state index in [0.29, 0.717) is 38.0 Å².